The molecular formula is C19H22ClN3O3S2. The third-order valence-electron chi connectivity index (χ3n) is 4.11. The number of hydrogen-bond acceptors (Lipinski definition) is 5. The summed E-state index contributed by atoms with van der Waals surface area (Å²) < 4.78 is 4.90. The zero-order chi connectivity index (χ0) is 20.8. The zero-order valence-corrected chi connectivity index (χ0v) is 18.5. The lowest BCUT2D eigenvalue weighted by molar-refractivity contribution is 0.0601. The second-order valence-corrected chi connectivity index (χ2v) is 7.68. The Hall–Kier alpha value is -2.16. The van der Waals surface area contributed by atoms with Gasteiger partial charge in [0.05, 0.1) is 17.6 Å². The van der Waals surface area contributed by atoms with Crippen LogP contribution in [0.15, 0.2) is 24.3 Å². The molecule has 0 aliphatic rings. The Kier molecular flexibility index (Phi) is 7.79. The lowest BCUT2D eigenvalue weighted by Crippen LogP contribution is -2.30. The van der Waals surface area contributed by atoms with Crippen molar-refractivity contribution in [2.24, 2.45) is 0 Å². The summed E-state index contributed by atoms with van der Waals surface area (Å²) in [4.78, 5) is 27.3. The van der Waals surface area contributed by atoms with Crippen molar-refractivity contribution >= 4 is 62.8 Å². The molecule has 0 aliphatic heterocycles. The van der Waals surface area contributed by atoms with E-state index in [1.54, 1.807) is 36.1 Å². The average Bonchev–Trinajstić information content (AvgIpc) is 2.99. The van der Waals surface area contributed by atoms with Crippen molar-refractivity contribution in [3.05, 3.63) is 45.3 Å². The number of halogens is 1. The number of thiophene rings is 1. The van der Waals surface area contributed by atoms with Crippen molar-refractivity contribution < 1.29 is 14.3 Å². The van der Waals surface area contributed by atoms with Gasteiger partial charge in [-0.25, -0.2) is 4.79 Å². The summed E-state index contributed by atoms with van der Waals surface area (Å²) in [6, 6.07) is 7.05. The summed E-state index contributed by atoms with van der Waals surface area (Å²) in [5.41, 5.74) is 1.63. The van der Waals surface area contributed by atoms with Gasteiger partial charge in [0, 0.05) is 23.8 Å². The first-order valence-corrected chi connectivity index (χ1v) is 10.3. The standard InChI is InChI=1S/C19H22ClN3O3S2/c1-5-23(6-2)17(24)15-11(3)14(18(25)26-4)16(28-15)22-19(27)21-13-9-7-12(20)8-10-13/h7-10H,5-6H2,1-4H3,(H2,21,22,27). The number of esters is 1. The molecule has 0 atom stereocenters. The molecule has 150 valence electrons. The Morgan fingerprint density at radius 3 is 2.32 bits per heavy atom. The molecule has 1 aromatic heterocycles. The molecule has 0 saturated heterocycles. The molecule has 0 radical (unpaired) electrons. The van der Waals surface area contributed by atoms with E-state index in [1.807, 2.05) is 13.8 Å². The minimum Gasteiger partial charge on any atom is -0.465 e. The van der Waals surface area contributed by atoms with Crippen LogP contribution in [0.4, 0.5) is 10.7 Å². The van der Waals surface area contributed by atoms with Crippen LogP contribution in [0, 0.1) is 6.92 Å². The Bertz CT molecular complexity index is 877. The number of amides is 1. The van der Waals surface area contributed by atoms with Crippen LogP contribution in [-0.2, 0) is 4.74 Å². The Balaban J connectivity index is 2.32. The number of thiocarbonyl (C=S) groups is 1. The lowest BCUT2D eigenvalue weighted by atomic mass is 10.1. The molecule has 0 saturated carbocycles. The second-order valence-electron chi connectivity index (χ2n) is 5.82. The second kappa shape index (κ2) is 9.86. The predicted molar refractivity (Wildman–Crippen MR) is 119 cm³/mol. The van der Waals surface area contributed by atoms with Crippen LogP contribution in [0.3, 0.4) is 0 Å². The van der Waals surface area contributed by atoms with E-state index in [2.05, 4.69) is 10.6 Å². The molecule has 0 bridgehead atoms. The number of hydrogen-bond donors (Lipinski definition) is 2. The predicted octanol–water partition coefficient (Wildman–Crippen LogP) is 4.79. The molecule has 2 N–H and O–H groups in total. The van der Waals surface area contributed by atoms with Gasteiger partial charge < -0.3 is 20.3 Å². The van der Waals surface area contributed by atoms with Crippen molar-refractivity contribution in [1.82, 2.24) is 4.90 Å². The maximum absolute atomic E-state index is 12.8. The van der Waals surface area contributed by atoms with E-state index < -0.39 is 5.97 Å². The third-order valence-corrected chi connectivity index (χ3v) is 5.76. The van der Waals surface area contributed by atoms with Gasteiger partial charge in [0.2, 0.25) is 0 Å². The van der Waals surface area contributed by atoms with Gasteiger partial charge in [0.1, 0.15) is 5.00 Å². The highest BCUT2D eigenvalue weighted by atomic mass is 35.5. The van der Waals surface area contributed by atoms with Gasteiger partial charge in [-0.2, -0.15) is 0 Å². The number of rotatable bonds is 6. The summed E-state index contributed by atoms with van der Waals surface area (Å²) in [6.45, 7) is 6.73. The van der Waals surface area contributed by atoms with E-state index in [-0.39, 0.29) is 11.0 Å². The summed E-state index contributed by atoms with van der Waals surface area (Å²) in [6.07, 6.45) is 0. The van der Waals surface area contributed by atoms with Crippen LogP contribution < -0.4 is 10.6 Å². The number of carbonyl (C=O) groups excluding carboxylic acids is 2. The summed E-state index contributed by atoms with van der Waals surface area (Å²) in [7, 11) is 1.30. The molecule has 2 aromatic rings. The van der Waals surface area contributed by atoms with Gasteiger partial charge in [-0.1, -0.05) is 11.6 Å². The fraction of sp³-hybridized carbons (Fsp3) is 0.316. The quantitative estimate of drug-likeness (QED) is 0.498. The summed E-state index contributed by atoms with van der Waals surface area (Å²) >= 11 is 12.4. The summed E-state index contributed by atoms with van der Waals surface area (Å²) in [5.74, 6) is -0.647. The highest BCUT2D eigenvalue weighted by molar-refractivity contribution is 7.80. The molecule has 1 heterocycles. The van der Waals surface area contributed by atoms with E-state index >= 15 is 0 Å². The molecular weight excluding hydrogens is 418 g/mol. The van der Waals surface area contributed by atoms with Crippen LogP contribution >= 0.6 is 35.2 Å². The SMILES string of the molecule is CCN(CC)C(=O)c1sc(NC(=S)Nc2ccc(Cl)cc2)c(C(=O)OC)c1C. The molecule has 0 fully saturated rings. The van der Waals surface area contributed by atoms with E-state index in [4.69, 9.17) is 28.6 Å². The molecule has 1 aromatic carbocycles. The number of ether oxygens (including phenoxy) is 1. The number of carbonyl (C=O) groups is 2. The first kappa shape index (κ1) is 22.1. The van der Waals surface area contributed by atoms with E-state index in [0.717, 1.165) is 5.69 Å². The van der Waals surface area contributed by atoms with Crippen LogP contribution in [0.1, 0.15) is 39.4 Å². The van der Waals surface area contributed by atoms with E-state index in [9.17, 15) is 9.59 Å². The first-order chi connectivity index (χ1) is 13.3. The topological polar surface area (TPSA) is 70.7 Å². The molecule has 2 rings (SSSR count). The molecule has 0 spiro atoms. The van der Waals surface area contributed by atoms with Gasteiger partial charge in [0.25, 0.3) is 5.91 Å². The van der Waals surface area contributed by atoms with E-state index in [0.29, 0.717) is 39.1 Å². The number of nitrogens with one attached hydrogen (secondary N) is 2. The molecule has 0 unspecified atom stereocenters. The van der Waals surface area contributed by atoms with Crippen LogP contribution in [0.2, 0.25) is 5.02 Å². The molecule has 6 nitrogen and oxygen atoms in total. The van der Waals surface area contributed by atoms with Crippen molar-refractivity contribution in [2.75, 3.05) is 30.8 Å². The van der Waals surface area contributed by atoms with Crippen LogP contribution in [0.5, 0.6) is 0 Å². The van der Waals surface area contributed by atoms with E-state index in [1.165, 1.54) is 18.4 Å². The van der Waals surface area contributed by atoms with Crippen LogP contribution in [0.25, 0.3) is 0 Å². The Morgan fingerprint density at radius 2 is 1.79 bits per heavy atom. The van der Waals surface area contributed by atoms with Crippen molar-refractivity contribution in [2.45, 2.75) is 20.8 Å². The average molecular weight is 440 g/mol. The normalized spacial score (nSPS) is 10.3. The molecule has 28 heavy (non-hydrogen) atoms. The molecule has 0 aliphatic carbocycles. The van der Waals surface area contributed by atoms with Crippen LogP contribution in [-0.4, -0.2) is 42.1 Å². The highest BCUT2D eigenvalue weighted by Gasteiger charge is 2.27. The maximum atomic E-state index is 12.8. The monoisotopic (exact) mass is 439 g/mol. The number of anilines is 2. The molecule has 1 amide bonds. The van der Waals surface area contributed by atoms with Gasteiger partial charge in [-0.3, -0.25) is 4.79 Å². The van der Waals surface area contributed by atoms with Crippen molar-refractivity contribution in [1.29, 1.82) is 0 Å². The Labute approximate surface area is 178 Å². The number of benzene rings is 1. The van der Waals surface area contributed by atoms with Gasteiger partial charge in [0.15, 0.2) is 5.11 Å². The van der Waals surface area contributed by atoms with Crippen molar-refractivity contribution in [3.8, 4) is 0 Å². The van der Waals surface area contributed by atoms with Crippen molar-refractivity contribution in [3.63, 3.8) is 0 Å². The summed E-state index contributed by atoms with van der Waals surface area (Å²) in [5, 5.41) is 7.41. The highest BCUT2D eigenvalue weighted by Crippen LogP contribution is 2.34. The fourth-order valence-corrected chi connectivity index (χ4v) is 4.18. The smallest absolute Gasteiger partial charge is 0.341 e. The minimum atomic E-state index is -0.524. The number of methoxy groups -OCH3 is 1. The number of nitrogens with zero attached hydrogens (tertiary/aromatic N) is 1. The maximum Gasteiger partial charge on any atom is 0.341 e. The minimum absolute atomic E-state index is 0.123. The zero-order valence-electron chi connectivity index (χ0n) is 16.1. The van der Waals surface area contributed by atoms with Gasteiger partial charge >= 0.3 is 5.97 Å². The first-order valence-electron chi connectivity index (χ1n) is 8.66. The lowest BCUT2D eigenvalue weighted by Gasteiger charge is -2.17. The molecule has 9 heteroatoms. The van der Waals surface area contributed by atoms with Gasteiger partial charge in [-0.05, 0) is 62.8 Å². The van der Waals surface area contributed by atoms with Gasteiger partial charge in [-0.15, -0.1) is 11.3 Å². The third kappa shape index (κ3) is 5.01. The Morgan fingerprint density at radius 1 is 1.18 bits per heavy atom. The fourth-order valence-electron chi connectivity index (χ4n) is 2.61. The largest absolute Gasteiger partial charge is 0.465 e.